The zero-order chi connectivity index (χ0) is 16.9. The zero-order valence-electron chi connectivity index (χ0n) is 14.1. The SMILES string of the molecule is C=CCCC[C@@H]1NC[C@H](c2ccc3c(c2)OCO3)[C@H]1C(=O)OCC. The number of hydrogen-bond acceptors (Lipinski definition) is 5. The molecular weight excluding hydrogens is 306 g/mol. The molecule has 1 aromatic carbocycles. The topological polar surface area (TPSA) is 56.8 Å². The number of allylic oxidation sites excluding steroid dienone is 1. The van der Waals surface area contributed by atoms with Gasteiger partial charge in [-0.15, -0.1) is 6.58 Å². The first kappa shape index (κ1) is 16.8. The number of ether oxygens (including phenoxy) is 3. The highest BCUT2D eigenvalue weighted by molar-refractivity contribution is 5.75. The van der Waals surface area contributed by atoms with Crippen LogP contribution in [0.25, 0.3) is 0 Å². The van der Waals surface area contributed by atoms with Crippen molar-refractivity contribution >= 4 is 5.97 Å². The van der Waals surface area contributed by atoms with E-state index < -0.39 is 0 Å². The molecule has 1 aromatic rings. The first-order valence-electron chi connectivity index (χ1n) is 8.65. The van der Waals surface area contributed by atoms with Crippen molar-refractivity contribution in [1.29, 1.82) is 0 Å². The molecule has 0 aromatic heterocycles. The summed E-state index contributed by atoms with van der Waals surface area (Å²) < 4.78 is 16.2. The molecule has 0 saturated carbocycles. The Hall–Kier alpha value is -2.01. The van der Waals surface area contributed by atoms with E-state index in [0.29, 0.717) is 6.61 Å². The summed E-state index contributed by atoms with van der Waals surface area (Å²) in [5.41, 5.74) is 1.09. The minimum absolute atomic E-state index is 0.0901. The summed E-state index contributed by atoms with van der Waals surface area (Å²) in [7, 11) is 0. The van der Waals surface area contributed by atoms with Gasteiger partial charge in [0.25, 0.3) is 0 Å². The second-order valence-electron chi connectivity index (χ2n) is 6.23. The molecule has 1 N–H and O–H groups in total. The summed E-state index contributed by atoms with van der Waals surface area (Å²) >= 11 is 0. The van der Waals surface area contributed by atoms with Crippen LogP contribution in [0.3, 0.4) is 0 Å². The monoisotopic (exact) mass is 331 g/mol. The third kappa shape index (κ3) is 3.41. The van der Waals surface area contributed by atoms with E-state index in [-0.39, 0.29) is 30.6 Å². The maximum atomic E-state index is 12.6. The van der Waals surface area contributed by atoms with Crippen LogP contribution in [0.15, 0.2) is 30.9 Å². The van der Waals surface area contributed by atoms with E-state index in [2.05, 4.69) is 11.9 Å². The molecule has 3 rings (SSSR count). The number of esters is 1. The number of nitrogens with one attached hydrogen (secondary N) is 1. The Kier molecular flexibility index (Phi) is 5.41. The van der Waals surface area contributed by atoms with Crippen molar-refractivity contribution < 1.29 is 19.0 Å². The molecule has 0 bridgehead atoms. The van der Waals surface area contributed by atoms with Crippen LogP contribution in [0.2, 0.25) is 0 Å². The number of fused-ring (bicyclic) bond motifs is 1. The van der Waals surface area contributed by atoms with Crippen LogP contribution in [-0.2, 0) is 9.53 Å². The second kappa shape index (κ2) is 7.71. The van der Waals surface area contributed by atoms with Crippen LogP contribution in [0.1, 0.15) is 37.7 Å². The predicted octanol–water partition coefficient (Wildman–Crippen LogP) is 3.01. The van der Waals surface area contributed by atoms with Gasteiger partial charge in [0.05, 0.1) is 12.5 Å². The van der Waals surface area contributed by atoms with E-state index >= 15 is 0 Å². The summed E-state index contributed by atoms with van der Waals surface area (Å²) in [6.07, 6.45) is 4.84. The lowest BCUT2D eigenvalue weighted by Crippen LogP contribution is -2.33. The van der Waals surface area contributed by atoms with E-state index in [1.165, 1.54) is 0 Å². The summed E-state index contributed by atoms with van der Waals surface area (Å²) in [6.45, 7) is 7.04. The molecule has 5 nitrogen and oxygen atoms in total. The van der Waals surface area contributed by atoms with Crippen LogP contribution in [0, 0.1) is 5.92 Å². The van der Waals surface area contributed by atoms with Gasteiger partial charge in [-0.1, -0.05) is 12.1 Å². The predicted molar refractivity (Wildman–Crippen MR) is 91.3 cm³/mol. The van der Waals surface area contributed by atoms with Crippen LogP contribution in [-0.4, -0.2) is 32.0 Å². The van der Waals surface area contributed by atoms with Gasteiger partial charge < -0.3 is 19.5 Å². The van der Waals surface area contributed by atoms with Gasteiger partial charge in [-0.25, -0.2) is 0 Å². The fourth-order valence-electron chi connectivity index (χ4n) is 3.61. The molecule has 24 heavy (non-hydrogen) atoms. The third-order valence-electron chi connectivity index (χ3n) is 4.77. The number of unbranched alkanes of at least 4 members (excludes halogenated alkanes) is 1. The first-order chi connectivity index (χ1) is 11.7. The molecule has 3 atom stereocenters. The average Bonchev–Trinajstić information content (AvgIpc) is 3.21. The average molecular weight is 331 g/mol. The molecule has 2 aliphatic heterocycles. The van der Waals surface area contributed by atoms with Crippen LogP contribution < -0.4 is 14.8 Å². The van der Waals surface area contributed by atoms with Crippen molar-refractivity contribution in [2.24, 2.45) is 5.92 Å². The third-order valence-corrected chi connectivity index (χ3v) is 4.77. The van der Waals surface area contributed by atoms with Gasteiger partial charge in [0.2, 0.25) is 6.79 Å². The Morgan fingerprint density at radius 2 is 2.25 bits per heavy atom. The molecule has 2 aliphatic rings. The van der Waals surface area contributed by atoms with Gasteiger partial charge in [0, 0.05) is 18.5 Å². The molecule has 1 saturated heterocycles. The fraction of sp³-hybridized carbons (Fsp3) is 0.526. The zero-order valence-corrected chi connectivity index (χ0v) is 14.1. The highest BCUT2D eigenvalue weighted by atomic mass is 16.7. The van der Waals surface area contributed by atoms with E-state index in [4.69, 9.17) is 14.2 Å². The highest BCUT2D eigenvalue weighted by Crippen LogP contribution is 2.40. The quantitative estimate of drug-likeness (QED) is 0.473. The molecular formula is C19H25NO4. The van der Waals surface area contributed by atoms with Crippen molar-refractivity contribution in [2.45, 2.75) is 38.1 Å². The first-order valence-corrected chi connectivity index (χ1v) is 8.65. The molecule has 0 amide bonds. The fourth-order valence-corrected chi connectivity index (χ4v) is 3.61. The standard InChI is InChI=1S/C19H25NO4/c1-3-5-6-7-15-18(19(21)22-4-2)14(11-20-15)13-8-9-16-17(10-13)24-12-23-16/h3,8-10,14-15,18,20H,1,4-7,11-12H2,2H3/t14-,15+,18-/m1/s1. The Morgan fingerprint density at radius 3 is 3.04 bits per heavy atom. The molecule has 5 heteroatoms. The molecule has 1 fully saturated rings. The van der Waals surface area contributed by atoms with Gasteiger partial charge in [0.1, 0.15) is 0 Å². The normalized spacial score (nSPS) is 24.8. The van der Waals surface area contributed by atoms with Crippen molar-refractivity contribution in [1.82, 2.24) is 5.32 Å². The van der Waals surface area contributed by atoms with Gasteiger partial charge in [-0.2, -0.15) is 0 Å². The molecule has 0 unspecified atom stereocenters. The maximum Gasteiger partial charge on any atom is 0.311 e. The second-order valence-corrected chi connectivity index (χ2v) is 6.23. The number of carbonyl (C=O) groups is 1. The summed E-state index contributed by atoms with van der Waals surface area (Å²) in [5, 5.41) is 3.51. The van der Waals surface area contributed by atoms with Gasteiger partial charge in [-0.05, 0) is 43.9 Å². The van der Waals surface area contributed by atoms with Crippen molar-refractivity contribution in [2.75, 3.05) is 19.9 Å². The van der Waals surface area contributed by atoms with E-state index in [0.717, 1.165) is 42.9 Å². The molecule has 0 aliphatic carbocycles. The maximum absolute atomic E-state index is 12.6. The largest absolute Gasteiger partial charge is 0.466 e. The van der Waals surface area contributed by atoms with E-state index in [9.17, 15) is 4.79 Å². The molecule has 2 heterocycles. The number of benzene rings is 1. The van der Waals surface area contributed by atoms with Gasteiger partial charge in [0.15, 0.2) is 11.5 Å². The lowest BCUT2D eigenvalue weighted by atomic mass is 9.83. The van der Waals surface area contributed by atoms with Crippen LogP contribution in [0.4, 0.5) is 0 Å². The number of hydrogen-bond donors (Lipinski definition) is 1. The highest BCUT2D eigenvalue weighted by Gasteiger charge is 2.42. The summed E-state index contributed by atoms with van der Waals surface area (Å²) in [5.74, 6) is 1.32. The van der Waals surface area contributed by atoms with E-state index in [1.807, 2.05) is 31.2 Å². The minimum atomic E-state index is -0.171. The Morgan fingerprint density at radius 1 is 1.42 bits per heavy atom. The molecule has 130 valence electrons. The Bertz CT molecular complexity index is 601. The lowest BCUT2D eigenvalue weighted by molar-refractivity contribution is -0.148. The Balaban J connectivity index is 1.79. The van der Waals surface area contributed by atoms with Gasteiger partial charge >= 0.3 is 5.97 Å². The van der Waals surface area contributed by atoms with Gasteiger partial charge in [-0.3, -0.25) is 4.79 Å². The minimum Gasteiger partial charge on any atom is -0.466 e. The van der Waals surface area contributed by atoms with Crippen LogP contribution >= 0.6 is 0 Å². The smallest absolute Gasteiger partial charge is 0.311 e. The number of rotatable bonds is 7. The van der Waals surface area contributed by atoms with Crippen LogP contribution in [0.5, 0.6) is 11.5 Å². The Labute approximate surface area is 143 Å². The lowest BCUT2D eigenvalue weighted by Gasteiger charge is -2.22. The van der Waals surface area contributed by atoms with Crippen molar-refractivity contribution in [3.8, 4) is 11.5 Å². The van der Waals surface area contributed by atoms with Crippen molar-refractivity contribution in [3.05, 3.63) is 36.4 Å². The van der Waals surface area contributed by atoms with Crippen molar-refractivity contribution in [3.63, 3.8) is 0 Å². The summed E-state index contributed by atoms with van der Waals surface area (Å²) in [4.78, 5) is 12.6. The number of carbonyl (C=O) groups excluding carboxylic acids is 1. The molecule has 0 radical (unpaired) electrons. The molecule has 0 spiro atoms. The summed E-state index contributed by atoms with van der Waals surface area (Å²) in [6, 6.07) is 6.08. The van der Waals surface area contributed by atoms with E-state index in [1.54, 1.807) is 0 Å².